The standard InChI is InChI=1S/C9H15NO/c1-3-4-5-6-9(2)11-8-7-10/h5-8H,2-4,10H2,1H3/b6-5+,8-7-. The van der Waals surface area contributed by atoms with Gasteiger partial charge in [-0.15, -0.1) is 0 Å². The molecular weight excluding hydrogens is 138 g/mol. The van der Waals surface area contributed by atoms with Crippen molar-refractivity contribution in [2.24, 2.45) is 5.73 Å². The summed E-state index contributed by atoms with van der Waals surface area (Å²) < 4.78 is 4.95. The minimum Gasteiger partial charge on any atom is -0.464 e. The number of hydrogen-bond donors (Lipinski definition) is 1. The van der Waals surface area contributed by atoms with E-state index in [1.54, 1.807) is 0 Å². The Kier molecular flexibility index (Phi) is 6.19. The lowest BCUT2D eigenvalue weighted by molar-refractivity contribution is 0.369. The molecule has 0 unspecified atom stereocenters. The van der Waals surface area contributed by atoms with E-state index in [-0.39, 0.29) is 0 Å². The highest BCUT2D eigenvalue weighted by molar-refractivity contribution is 5.07. The lowest BCUT2D eigenvalue weighted by Gasteiger charge is -1.95. The van der Waals surface area contributed by atoms with E-state index >= 15 is 0 Å². The Morgan fingerprint density at radius 1 is 1.64 bits per heavy atom. The van der Waals surface area contributed by atoms with E-state index in [9.17, 15) is 0 Å². The topological polar surface area (TPSA) is 35.2 Å². The molecule has 0 saturated carbocycles. The molecule has 2 N–H and O–H groups in total. The van der Waals surface area contributed by atoms with Crippen LogP contribution in [0, 0.1) is 0 Å². The van der Waals surface area contributed by atoms with Gasteiger partial charge in [0, 0.05) is 6.20 Å². The Bertz CT molecular complexity index is 159. The first kappa shape index (κ1) is 9.82. The Morgan fingerprint density at radius 2 is 2.36 bits per heavy atom. The van der Waals surface area contributed by atoms with Crippen LogP contribution in [-0.2, 0) is 4.74 Å². The van der Waals surface area contributed by atoms with Gasteiger partial charge in [0.1, 0.15) is 12.0 Å². The normalized spacial score (nSPS) is 11.0. The summed E-state index contributed by atoms with van der Waals surface area (Å²) in [5, 5.41) is 0. The first-order chi connectivity index (χ1) is 5.31. The lowest BCUT2D eigenvalue weighted by Crippen LogP contribution is -1.81. The smallest absolute Gasteiger partial charge is 0.119 e. The number of hydrogen-bond acceptors (Lipinski definition) is 2. The molecule has 0 heterocycles. The van der Waals surface area contributed by atoms with Crippen molar-refractivity contribution in [2.45, 2.75) is 19.8 Å². The second-order valence-electron chi connectivity index (χ2n) is 2.10. The second kappa shape index (κ2) is 6.93. The number of ether oxygens (including phenoxy) is 1. The van der Waals surface area contributed by atoms with Gasteiger partial charge in [-0.1, -0.05) is 26.0 Å². The largest absolute Gasteiger partial charge is 0.464 e. The van der Waals surface area contributed by atoms with Crippen molar-refractivity contribution in [1.29, 1.82) is 0 Å². The first-order valence-corrected chi connectivity index (χ1v) is 3.70. The van der Waals surface area contributed by atoms with Crippen molar-refractivity contribution in [1.82, 2.24) is 0 Å². The number of allylic oxidation sites excluding steroid dienone is 2. The first-order valence-electron chi connectivity index (χ1n) is 3.70. The van der Waals surface area contributed by atoms with Gasteiger partial charge in [-0.2, -0.15) is 0 Å². The van der Waals surface area contributed by atoms with Gasteiger partial charge in [0.05, 0.1) is 0 Å². The fourth-order valence-electron chi connectivity index (χ4n) is 0.547. The quantitative estimate of drug-likeness (QED) is 0.486. The van der Waals surface area contributed by atoms with Crippen LogP contribution in [0.5, 0.6) is 0 Å². The Hall–Kier alpha value is -1.18. The van der Waals surface area contributed by atoms with Gasteiger partial charge in [-0.3, -0.25) is 0 Å². The minimum atomic E-state index is 0.611. The molecule has 0 aliphatic heterocycles. The van der Waals surface area contributed by atoms with Crippen LogP contribution in [0.3, 0.4) is 0 Å². The third-order valence-electron chi connectivity index (χ3n) is 1.06. The van der Waals surface area contributed by atoms with E-state index in [2.05, 4.69) is 13.5 Å². The van der Waals surface area contributed by atoms with Crippen molar-refractivity contribution in [3.63, 3.8) is 0 Å². The van der Waals surface area contributed by atoms with Crippen LogP contribution >= 0.6 is 0 Å². The minimum absolute atomic E-state index is 0.611. The van der Waals surface area contributed by atoms with Gasteiger partial charge in [0.2, 0.25) is 0 Å². The average Bonchev–Trinajstić information content (AvgIpc) is 2.01. The maximum Gasteiger partial charge on any atom is 0.119 e. The summed E-state index contributed by atoms with van der Waals surface area (Å²) in [7, 11) is 0. The highest BCUT2D eigenvalue weighted by Gasteiger charge is 1.81. The van der Waals surface area contributed by atoms with Gasteiger partial charge < -0.3 is 10.5 Å². The lowest BCUT2D eigenvalue weighted by atomic mass is 10.3. The monoisotopic (exact) mass is 153 g/mol. The van der Waals surface area contributed by atoms with Crippen LogP contribution in [0.2, 0.25) is 0 Å². The number of rotatable bonds is 5. The fourth-order valence-corrected chi connectivity index (χ4v) is 0.547. The summed E-state index contributed by atoms with van der Waals surface area (Å²) in [5.74, 6) is 0.611. The average molecular weight is 153 g/mol. The van der Waals surface area contributed by atoms with Crippen LogP contribution in [0.25, 0.3) is 0 Å². The summed E-state index contributed by atoms with van der Waals surface area (Å²) >= 11 is 0. The maximum atomic E-state index is 5.06. The van der Waals surface area contributed by atoms with E-state index in [0.717, 1.165) is 12.8 Å². The zero-order valence-corrected chi connectivity index (χ0v) is 6.92. The Balaban J connectivity index is 3.51. The Labute approximate surface area is 68.0 Å². The van der Waals surface area contributed by atoms with Gasteiger partial charge in [-0.25, -0.2) is 0 Å². The van der Waals surface area contributed by atoms with E-state index in [1.807, 2.05) is 12.2 Å². The molecule has 0 fully saturated rings. The summed E-state index contributed by atoms with van der Waals surface area (Å²) in [4.78, 5) is 0. The van der Waals surface area contributed by atoms with Crippen LogP contribution in [0.1, 0.15) is 19.8 Å². The highest BCUT2D eigenvalue weighted by atomic mass is 16.5. The number of unbranched alkanes of at least 4 members (excludes halogenated alkanes) is 1. The molecule has 0 aliphatic carbocycles. The predicted octanol–water partition coefficient (Wildman–Crippen LogP) is 2.30. The number of nitrogens with two attached hydrogens (primary N) is 1. The van der Waals surface area contributed by atoms with Crippen molar-refractivity contribution in [3.05, 3.63) is 37.0 Å². The van der Waals surface area contributed by atoms with Gasteiger partial charge in [-0.05, 0) is 12.5 Å². The van der Waals surface area contributed by atoms with E-state index in [0.29, 0.717) is 5.76 Å². The second-order valence-corrected chi connectivity index (χ2v) is 2.10. The van der Waals surface area contributed by atoms with Crippen molar-refractivity contribution in [2.75, 3.05) is 0 Å². The summed E-state index contributed by atoms with van der Waals surface area (Å²) in [6.45, 7) is 5.77. The van der Waals surface area contributed by atoms with Gasteiger partial charge in [0.25, 0.3) is 0 Å². The van der Waals surface area contributed by atoms with Crippen molar-refractivity contribution >= 4 is 0 Å². The van der Waals surface area contributed by atoms with Crippen LogP contribution in [-0.4, -0.2) is 0 Å². The molecule has 0 amide bonds. The molecule has 0 bridgehead atoms. The van der Waals surface area contributed by atoms with E-state index in [4.69, 9.17) is 10.5 Å². The van der Waals surface area contributed by atoms with Gasteiger partial charge in [0.15, 0.2) is 0 Å². The molecule has 0 aromatic carbocycles. The van der Waals surface area contributed by atoms with E-state index in [1.165, 1.54) is 12.5 Å². The molecule has 0 aromatic rings. The molecule has 11 heavy (non-hydrogen) atoms. The SMILES string of the molecule is C=C(/C=C/CCC)O/C=C\N. The molecule has 0 spiro atoms. The zero-order chi connectivity index (χ0) is 8.53. The zero-order valence-electron chi connectivity index (χ0n) is 6.92. The van der Waals surface area contributed by atoms with Crippen LogP contribution in [0.4, 0.5) is 0 Å². The van der Waals surface area contributed by atoms with Gasteiger partial charge >= 0.3 is 0 Å². The predicted molar refractivity (Wildman–Crippen MR) is 47.6 cm³/mol. The molecule has 0 atom stereocenters. The summed E-state index contributed by atoms with van der Waals surface area (Å²) in [6.07, 6.45) is 8.78. The molecule has 0 saturated heterocycles. The molecule has 2 nitrogen and oxygen atoms in total. The van der Waals surface area contributed by atoms with Crippen molar-refractivity contribution < 1.29 is 4.74 Å². The van der Waals surface area contributed by atoms with Crippen molar-refractivity contribution in [3.8, 4) is 0 Å². The third kappa shape index (κ3) is 6.71. The van der Waals surface area contributed by atoms with E-state index < -0.39 is 0 Å². The maximum absolute atomic E-state index is 5.06. The molecular formula is C9H15NO. The fraction of sp³-hybridized carbons (Fsp3) is 0.333. The molecule has 0 rings (SSSR count). The molecule has 2 heteroatoms. The summed E-state index contributed by atoms with van der Waals surface area (Å²) in [6, 6.07) is 0. The highest BCUT2D eigenvalue weighted by Crippen LogP contribution is 1.98. The molecule has 0 aromatic heterocycles. The van der Waals surface area contributed by atoms with Crippen LogP contribution in [0.15, 0.2) is 37.0 Å². The molecule has 0 aliphatic rings. The summed E-state index contributed by atoms with van der Waals surface area (Å²) in [5.41, 5.74) is 5.06. The van der Waals surface area contributed by atoms with Crippen LogP contribution < -0.4 is 5.73 Å². The third-order valence-corrected chi connectivity index (χ3v) is 1.06. The molecule has 62 valence electrons. The molecule has 0 radical (unpaired) electrons. The Morgan fingerprint density at radius 3 is 2.91 bits per heavy atom.